The summed E-state index contributed by atoms with van der Waals surface area (Å²) in [7, 11) is -4.19. The molecule has 0 saturated carbocycles. The van der Waals surface area contributed by atoms with E-state index in [2.05, 4.69) is 0 Å². The van der Waals surface area contributed by atoms with E-state index in [1.54, 1.807) is 0 Å². The molecule has 0 saturated heterocycles. The predicted molar refractivity (Wildman–Crippen MR) is 89.1 cm³/mol. The van der Waals surface area contributed by atoms with Crippen LogP contribution in [0.1, 0.15) is 52.4 Å². The van der Waals surface area contributed by atoms with Gasteiger partial charge in [0.05, 0.1) is 0 Å². The largest absolute Gasteiger partial charge is 0.772 e. The zero-order valence-electron chi connectivity index (χ0n) is 13.5. The van der Waals surface area contributed by atoms with Crippen molar-refractivity contribution in [2.24, 2.45) is 5.14 Å². The molecule has 0 spiro atoms. The van der Waals surface area contributed by atoms with Gasteiger partial charge in [0.2, 0.25) is 0 Å². The second-order valence-electron chi connectivity index (χ2n) is 5.41. The van der Waals surface area contributed by atoms with E-state index in [0.717, 1.165) is 17.1 Å². The summed E-state index contributed by atoms with van der Waals surface area (Å²) >= 11 is -4.91. The Kier molecular flexibility index (Phi) is 11.7. The van der Waals surface area contributed by atoms with Crippen molar-refractivity contribution >= 4 is 32.4 Å². The summed E-state index contributed by atoms with van der Waals surface area (Å²) in [5.74, 6) is 0. The molecular formula is C12H26N2O6S3-2. The molecule has 0 aromatic heterocycles. The third-order valence-electron chi connectivity index (χ3n) is 3.48. The molecule has 4 unspecified atom stereocenters. The van der Waals surface area contributed by atoms with E-state index < -0.39 is 42.9 Å². The van der Waals surface area contributed by atoms with Gasteiger partial charge in [0, 0.05) is 23.6 Å². The van der Waals surface area contributed by atoms with Gasteiger partial charge in [-0.25, -0.2) is 5.14 Å². The molecule has 140 valence electrons. The maximum Gasteiger partial charge on any atom is 0.276 e. The van der Waals surface area contributed by atoms with E-state index in [-0.39, 0.29) is 13.1 Å². The second kappa shape index (κ2) is 11.6. The molecule has 0 rings (SSSR count). The first-order chi connectivity index (χ1) is 10.6. The monoisotopic (exact) mass is 390 g/mol. The maximum absolute atomic E-state index is 11.7. The first kappa shape index (κ1) is 23.1. The maximum atomic E-state index is 11.7. The van der Waals surface area contributed by atoms with Gasteiger partial charge < -0.3 is 9.11 Å². The van der Waals surface area contributed by atoms with E-state index in [4.69, 9.17) is 5.14 Å². The lowest BCUT2D eigenvalue weighted by Gasteiger charge is -2.30. The van der Waals surface area contributed by atoms with Gasteiger partial charge in [-0.2, -0.15) is 12.7 Å². The van der Waals surface area contributed by atoms with Gasteiger partial charge in [-0.1, -0.05) is 61.7 Å². The fourth-order valence-electron chi connectivity index (χ4n) is 2.10. The molecule has 11 heteroatoms. The Balaban J connectivity index is 5.12. The van der Waals surface area contributed by atoms with Crippen molar-refractivity contribution in [3.05, 3.63) is 0 Å². The Morgan fingerprint density at radius 1 is 0.957 bits per heavy atom. The number of rotatable bonds is 13. The first-order valence-electron chi connectivity index (χ1n) is 7.57. The van der Waals surface area contributed by atoms with Crippen LogP contribution in [0.2, 0.25) is 0 Å². The Hall–Kier alpha value is 0.0900. The fourth-order valence-corrected chi connectivity index (χ4v) is 4.38. The number of nitrogens with zero attached hydrogens (tertiary/aromatic N) is 1. The SMILES string of the molecule is CCCCC(CN(CC(CCCC)S(=O)[O-])S(N)(=O)=O)S(=O)[O-]. The average molecular weight is 391 g/mol. The normalized spacial score (nSPS) is 17.8. The summed E-state index contributed by atoms with van der Waals surface area (Å²) in [6.45, 7) is 3.14. The van der Waals surface area contributed by atoms with E-state index in [9.17, 15) is 25.9 Å². The van der Waals surface area contributed by atoms with Gasteiger partial charge in [0.1, 0.15) is 0 Å². The Morgan fingerprint density at radius 2 is 1.30 bits per heavy atom. The van der Waals surface area contributed by atoms with E-state index in [1.165, 1.54) is 0 Å². The van der Waals surface area contributed by atoms with Crippen LogP contribution in [0.5, 0.6) is 0 Å². The van der Waals surface area contributed by atoms with Crippen LogP contribution >= 0.6 is 0 Å². The molecule has 0 heterocycles. The number of nitrogens with two attached hydrogens (primary N) is 1. The van der Waals surface area contributed by atoms with Crippen LogP contribution in [-0.2, 0) is 32.4 Å². The third-order valence-corrected chi connectivity index (χ3v) is 6.35. The molecule has 0 aliphatic rings. The molecule has 0 aromatic carbocycles. The van der Waals surface area contributed by atoms with E-state index in [1.807, 2.05) is 13.8 Å². The van der Waals surface area contributed by atoms with Crippen LogP contribution in [0.25, 0.3) is 0 Å². The molecule has 0 fully saturated rings. The summed E-state index contributed by atoms with van der Waals surface area (Å²) in [6.07, 6.45) is 3.41. The van der Waals surface area contributed by atoms with Crippen molar-refractivity contribution in [3.63, 3.8) is 0 Å². The van der Waals surface area contributed by atoms with Crippen molar-refractivity contribution in [3.8, 4) is 0 Å². The molecule has 0 radical (unpaired) electrons. The van der Waals surface area contributed by atoms with E-state index in [0.29, 0.717) is 25.7 Å². The predicted octanol–water partition coefficient (Wildman–Crippen LogP) is 0.368. The molecule has 0 bridgehead atoms. The summed E-state index contributed by atoms with van der Waals surface area (Å²) < 4.78 is 69.3. The summed E-state index contributed by atoms with van der Waals surface area (Å²) in [5, 5.41) is 3.32. The molecule has 4 atom stereocenters. The molecular weight excluding hydrogens is 364 g/mol. The minimum absolute atomic E-state index is 0.304. The van der Waals surface area contributed by atoms with Gasteiger partial charge in [-0.3, -0.25) is 8.42 Å². The third kappa shape index (κ3) is 9.85. The summed E-state index contributed by atoms with van der Waals surface area (Å²) in [6, 6.07) is 0. The standard InChI is InChI=1S/C12H28N2O6S3/c1-3-5-7-11(21(15)16)9-14(23(13,19)20)10-12(22(17)18)8-6-4-2/h11-12H,3-10H2,1-2H3,(H,15,16)(H,17,18)(H2,13,19,20)/p-2. The molecule has 0 aromatic rings. The van der Waals surface area contributed by atoms with Crippen molar-refractivity contribution in [2.75, 3.05) is 13.1 Å². The average Bonchev–Trinajstić information content (AvgIpc) is 2.43. The minimum atomic E-state index is -4.19. The zero-order chi connectivity index (χ0) is 18.0. The quantitative estimate of drug-likeness (QED) is 0.450. The highest BCUT2D eigenvalue weighted by Gasteiger charge is 2.26. The van der Waals surface area contributed by atoms with Crippen molar-refractivity contribution in [1.82, 2.24) is 4.31 Å². The fraction of sp³-hybridized carbons (Fsp3) is 1.00. The van der Waals surface area contributed by atoms with Crippen LogP contribution in [0, 0.1) is 0 Å². The topological polar surface area (TPSA) is 144 Å². The highest BCUT2D eigenvalue weighted by Crippen LogP contribution is 2.14. The Labute approximate surface area is 144 Å². The van der Waals surface area contributed by atoms with Crippen LogP contribution in [0.15, 0.2) is 0 Å². The lowest BCUT2D eigenvalue weighted by atomic mass is 10.2. The van der Waals surface area contributed by atoms with Gasteiger partial charge in [0.25, 0.3) is 10.2 Å². The van der Waals surface area contributed by atoms with Gasteiger partial charge in [-0.05, 0) is 12.8 Å². The zero-order valence-corrected chi connectivity index (χ0v) is 16.0. The highest BCUT2D eigenvalue weighted by molar-refractivity contribution is 7.87. The van der Waals surface area contributed by atoms with Gasteiger partial charge in [0.15, 0.2) is 0 Å². The van der Waals surface area contributed by atoms with Crippen LogP contribution in [0.4, 0.5) is 0 Å². The molecule has 0 aliphatic carbocycles. The van der Waals surface area contributed by atoms with Gasteiger partial charge >= 0.3 is 0 Å². The van der Waals surface area contributed by atoms with Crippen LogP contribution in [0.3, 0.4) is 0 Å². The molecule has 0 aliphatic heterocycles. The van der Waals surface area contributed by atoms with Crippen molar-refractivity contribution in [1.29, 1.82) is 0 Å². The number of unbranched alkanes of at least 4 members (excludes halogenated alkanes) is 2. The smallest absolute Gasteiger partial charge is 0.276 e. The molecule has 0 amide bonds. The first-order valence-corrected chi connectivity index (χ1v) is 11.3. The van der Waals surface area contributed by atoms with Crippen LogP contribution < -0.4 is 5.14 Å². The molecule has 8 nitrogen and oxygen atoms in total. The van der Waals surface area contributed by atoms with Crippen molar-refractivity contribution in [2.45, 2.75) is 62.9 Å². The minimum Gasteiger partial charge on any atom is -0.772 e. The second-order valence-corrected chi connectivity index (χ2v) is 9.33. The Morgan fingerprint density at radius 3 is 1.52 bits per heavy atom. The van der Waals surface area contributed by atoms with Crippen LogP contribution in [-0.4, -0.2) is 53.8 Å². The van der Waals surface area contributed by atoms with Crippen molar-refractivity contribution < 1.29 is 25.9 Å². The summed E-state index contributed by atoms with van der Waals surface area (Å²) in [4.78, 5) is 0. The lowest BCUT2D eigenvalue weighted by molar-refractivity contribution is 0.377. The number of hydrogen-bond donors (Lipinski definition) is 1. The van der Waals surface area contributed by atoms with Gasteiger partial charge in [-0.15, -0.1) is 0 Å². The number of hydrogen-bond acceptors (Lipinski definition) is 6. The molecule has 2 N–H and O–H groups in total. The highest BCUT2D eigenvalue weighted by atomic mass is 32.2. The summed E-state index contributed by atoms with van der Waals surface area (Å²) in [5.41, 5.74) is 0. The lowest BCUT2D eigenvalue weighted by Crippen LogP contribution is -2.47. The molecule has 23 heavy (non-hydrogen) atoms. The van der Waals surface area contributed by atoms with E-state index >= 15 is 0 Å². The Bertz CT molecular complexity index is 457.